The Morgan fingerprint density at radius 1 is 1.29 bits per heavy atom. The van der Waals surface area contributed by atoms with Crippen LogP contribution in [0.25, 0.3) is 0 Å². The van der Waals surface area contributed by atoms with Crippen molar-refractivity contribution in [1.29, 1.82) is 0 Å². The van der Waals surface area contributed by atoms with E-state index in [-0.39, 0.29) is 24.4 Å². The van der Waals surface area contributed by atoms with E-state index >= 15 is 0 Å². The number of hydrogen-bond acceptors (Lipinski definition) is 3. The first kappa shape index (κ1) is 15.5. The fourth-order valence-electron chi connectivity index (χ4n) is 2.79. The molecule has 0 saturated carbocycles. The number of carbonyl (C=O) groups excluding carboxylic acids is 2. The van der Waals surface area contributed by atoms with Crippen LogP contribution in [-0.4, -0.2) is 36.3 Å². The highest BCUT2D eigenvalue weighted by molar-refractivity contribution is 5.85. The van der Waals surface area contributed by atoms with Gasteiger partial charge in [-0.25, -0.2) is 0 Å². The monoisotopic (exact) mass is 289 g/mol. The Labute approximate surface area is 125 Å². The van der Waals surface area contributed by atoms with Gasteiger partial charge in [-0.05, 0) is 38.4 Å². The van der Waals surface area contributed by atoms with Crippen LogP contribution < -0.4 is 11.1 Å². The maximum Gasteiger partial charge on any atom is 0.237 e. The van der Waals surface area contributed by atoms with E-state index in [1.165, 1.54) is 0 Å². The van der Waals surface area contributed by atoms with Crippen LogP contribution in [0, 0.1) is 5.92 Å². The summed E-state index contributed by atoms with van der Waals surface area (Å²) in [5, 5.41) is 3.25. The van der Waals surface area contributed by atoms with E-state index in [1.54, 1.807) is 4.90 Å². The normalized spacial score (nSPS) is 17.2. The highest BCUT2D eigenvalue weighted by atomic mass is 16.2. The molecule has 0 spiro atoms. The highest BCUT2D eigenvalue weighted by Gasteiger charge is 2.30. The molecule has 2 amide bonds. The minimum Gasteiger partial charge on any atom is -0.368 e. The van der Waals surface area contributed by atoms with Crippen LogP contribution in [0.3, 0.4) is 0 Å². The fraction of sp³-hybridized carbons (Fsp3) is 0.500. The second kappa shape index (κ2) is 7.22. The van der Waals surface area contributed by atoms with Gasteiger partial charge in [0, 0.05) is 5.92 Å². The molecule has 0 bridgehead atoms. The van der Waals surface area contributed by atoms with Crippen molar-refractivity contribution in [3.8, 4) is 0 Å². The topological polar surface area (TPSA) is 75.4 Å². The summed E-state index contributed by atoms with van der Waals surface area (Å²) >= 11 is 0. The molecule has 1 aromatic carbocycles. The molecule has 0 radical (unpaired) electrons. The Balaban J connectivity index is 2.16. The lowest BCUT2D eigenvalue weighted by Crippen LogP contribution is -2.45. The maximum atomic E-state index is 12.7. The third kappa shape index (κ3) is 4.04. The number of amides is 2. The molecule has 0 aliphatic carbocycles. The summed E-state index contributed by atoms with van der Waals surface area (Å²) in [6.07, 6.45) is 1.63. The van der Waals surface area contributed by atoms with Crippen molar-refractivity contribution in [3.63, 3.8) is 0 Å². The number of benzene rings is 1. The van der Waals surface area contributed by atoms with E-state index in [2.05, 4.69) is 5.32 Å². The third-order valence-corrected chi connectivity index (χ3v) is 4.05. The van der Waals surface area contributed by atoms with Crippen LogP contribution in [0.4, 0.5) is 0 Å². The number of primary amides is 1. The first-order chi connectivity index (χ1) is 10.1. The van der Waals surface area contributed by atoms with Gasteiger partial charge < -0.3 is 16.0 Å². The SMILES string of the molecule is C[C@H](c1ccccc1)N(CC(N)=O)C(=O)C1CCNCC1. The van der Waals surface area contributed by atoms with Crippen molar-refractivity contribution in [2.45, 2.75) is 25.8 Å². The summed E-state index contributed by atoms with van der Waals surface area (Å²) < 4.78 is 0. The number of rotatable bonds is 5. The Kier molecular flexibility index (Phi) is 5.33. The molecular weight excluding hydrogens is 266 g/mol. The summed E-state index contributed by atoms with van der Waals surface area (Å²) in [5.74, 6) is -0.455. The van der Waals surface area contributed by atoms with Crippen molar-refractivity contribution in [2.24, 2.45) is 11.7 Å². The Hall–Kier alpha value is -1.88. The predicted molar refractivity (Wildman–Crippen MR) is 81.4 cm³/mol. The average molecular weight is 289 g/mol. The average Bonchev–Trinajstić information content (AvgIpc) is 2.53. The Morgan fingerprint density at radius 3 is 2.48 bits per heavy atom. The summed E-state index contributed by atoms with van der Waals surface area (Å²) in [7, 11) is 0. The molecule has 1 saturated heterocycles. The van der Waals surface area contributed by atoms with Crippen LogP contribution >= 0.6 is 0 Å². The molecule has 114 valence electrons. The zero-order valence-corrected chi connectivity index (χ0v) is 12.4. The van der Waals surface area contributed by atoms with Gasteiger partial charge in [-0.2, -0.15) is 0 Å². The largest absolute Gasteiger partial charge is 0.368 e. The molecule has 0 unspecified atom stereocenters. The summed E-state index contributed by atoms with van der Waals surface area (Å²) in [4.78, 5) is 25.7. The number of nitrogens with zero attached hydrogens (tertiary/aromatic N) is 1. The Morgan fingerprint density at radius 2 is 1.90 bits per heavy atom. The number of nitrogens with two attached hydrogens (primary N) is 1. The molecule has 1 fully saturated rings. The van der Waals surface area contributed by atoms with E-state index in [0.717, 1.165) is 31.5 Å². The van der Waals surface area contributed by atoms with Crippen LogP contribution in [0.5, 0.6) is 0 Å². The molecule has 1 heterocycles. The third-order valence-electron chi connectivity index (χ3n) is 4.05. The molecule has 1 aliphatic heterocycles. The number of nitrogens with one attached hydrogen (secondary N) is 1. The van der Waals surface area contributed by atoms with Gasteiger partial charge in [-0.3, -0.25) is 9.59 Å². The number of piperidine rings is 1. The molecule has 5 nitrogen and oxygen atoms in total. The molecule has 2 rings (SSSR count). The second-order valence-electron chi connectivity index (χ2n) is 5.54. The standard InChI is InChI=1S/C16H23N3O2/c1-12(13-5-3-2-4-6-13)19(11-15(17)20)16(21)14-7-9-18-10-8-14/h2-6,12,14,18H,7-11H2,1H3,(H2,17,20)/t12-/m1/s1. The van der Waals surface area contributed by atoms with Crippen molar-refractivity contribution in [2.75, 3.05) is 19.6 Å². The molecule has 3 N–H and O–H groups in total. The zero-order chi connectivity index (χ0) is 15.2. The van der Waals surface area contributed by atoms with Gasteiger partial charge in [0.15, 0.2) is 0 Å². The van der Waals surface area contributed by atoms with Crippen LogP contribution in [-0.2, 0) is 9.59 Å². The lowest BCUT2D eigenvalue weighted by Gasteiger charge is -2.33. The molecule has 1 aromatic rings. The Bertz CT molecular complexity index is 484. The second-order valence-corrected chi connectivity index (χ2v) is 5.54. The molecule has 0 aromatic heterocycles. The maximum absolute atomic E-state index is 12.7. The molecule has 21 heavy (non-hydrogen) atoms. The lowest BCUT2D eigenvalue weighted by molar-refractivity contribution is -0.141. The van der Waals surface area contributed by atoms with Crippen molar-refractivity contribution < 1.29 is 9.59 Å². The number of carbonyl (C=O) groups is 2. The molecular formula is C16H23N3O2. The summed E-state index contributed by atoms with van der Waals surface area (Å²) in [5.41, 5.74) is 6.35. The predicted octanol–water partition coefficient (Wildman–Crippen LogP) is 1.06. The molecule has 1 aliphatic rings. The highest BCUT2D eigenvalue weighted by Crippen LogP contribution is 2.24. The van der Waals surface area contributed by atoms with E-state index in [9.17, 15) is 9.59 Å². The molecule has 1 atom stereocenters. The van der Waals surface area contributed by atoms with Gasteiger partial charge in [0.1, 0.15) is 0 Å². The van der Waals surface area contributed by atoms with Gasteiger partial charge >= 0.3 is 0 Å². The fourth-order valence-corrected chi connectivity index (χ4v) is 2.79. The van der Waals surface area contributed by atoms with E-state index in [0.29, 0.717) is 0 Å². The van der Waals surface area contributed by atoms with Crippen molar-refractivity contribution in [3.05, 3.63) is 35.9 Å². The minimum absolute atomic E-state index is 0.0169. The van der Waals surface area contributed by atoms with Gasteiger partial charge in [-0.1, -0.05) is 30.3 Å². The van der Waals surface area contributed by atoms with E-state index < -0.39 is 5.91 Å². The van der Waals surface area contributed by atoms with Gasteiger partial charge in [0.2, 0.25) is 11.8 Å². The van der Waals surface area contributed by atoms with E-state index in [1.807, 2.05) is 37.3 Å². The van der Waals surface area contributed by atoms with Gasteiger partial charge in [0.25, 0.3) is 0 Å². The molecule has 5 heteroatoms. The summed E-state index contributed by atoms with van der Waals surface area (Å²) in [6.45, 7) is 3.61. The van der Waals surface area contributed by atoms with Gasteiger partial charge in [-0.15, -0.1) is 0 Å². The van der Waals surface area contributed by atoms with Gasteiger partial charge in [0.05, 0.1) is 12.6 Å². The van der Waals surface area contributed by atoms with Crippen molar-refractivity contribution >= 4 is 11.8 Å². The first-order valence-electron chi connectivity index (χ1n) is 7.44. The number of hydrogen-bond donors (Lipinski definition) is 2. The van der Waals surface area contributed by atoms with Crippen LogP contribution in [0.2, 0.25) is 0 Å². The quantitative estimate of drug-likeness (QED) is 0.851. The zero-order valence-electron chi connectivity index (χ0n) is 12.4. The van der Waals surface area contributed by atoms with Crippen molar-refractivity contribution in [1.82, 2.24) is 10.2 Å². The lowest BCUT2D eigenvalue weighted by atomic mass is 9.95. The smallest absolute Gasteiger partial charge is 0.237 e. The summed E-state index contributed by atoms with van der Waals surface area (Å²) in [6, 6.07) is 9.58. The van der Waals surface area contributed by atoms with E-state index in [4.69, 9.17) is 5.73 Å². The van der Waals surface area contributed by atoms with Crippen LogP contribution in [0.1, 0.15) is 31.4 Å². The van der Waals surface area contributed by atoms with Crippen LogP contribution in [0.15, 0.2) is 30.3 Å². The minimum atomic E-state index is -0.472. The first-order valence-corrected chi connectivity index (χ1v) is 7.44.